The first-order valence-corrected chi connectivity index (χ1v) is 8.72. The second-order valence-corrected chi connectivity index (χ2v) is 6.50. The van der Waals surface area contributed by atoms with Crippen LogP contribution in [0.2, 0.25) is 0 Å². The molecule has 1 aliphatic carbocycles. The van der Waals surface area contributed by atoms with E-state index in [0.29, 0.717) is 17.7 Å². The number of aromatic nitrogens is 2. The highest BCUT2D eigenvalue weighted by molar-refractivity contribution is 5.92. The van der Waals surface area contributed by atoms with Crippen LogP contribution >= 0.6 is 0 Å². The summed E-state index contributed by atoms with van der Waals surface area (Å²) in [6.45, 7) is 2.13. The molecule has 24 heavy (non-hydrogen) atoms. The van der Waals surface area contributed by atoms with Crippen molar-refractivity contribution >= 4 is 16.7 Å². The molecule has 2 aromatic heterocycles. The highest BCUT2D eigenvalue weighted by Crippen LogP contribution is 2.37. The lowest BCUT2D eigenvalue weighted by molar-refractivity contribution is 0.344. The first-order valence-electron chi connectivity index (χ1n) is 8.72. The van der Waals surface area contributed by atoms with E-state index in [-0.39, 0.29) is 0 Å². The zero-order valence-corrected chi connectivity index (χ0v) is 14.3. The van der Waals surface area contributed by atoms with Gasteiger partial charge in [0.05, 0.1) is 25.4 Å². The molecule has 2 N–H and O–H groups in total. The summed E-state index contributed by atoms with van der Waals surface area (Å²) in [5.41, 5.74) is 5.46. The van der Waals surface area contributed by atoms with Crippen LogP contribution in [-0.2, 0) is 12.8 Å². The van der Waals surface area contributed by atoms with Gasteiger partial charge in [-0.15, -0.1) is 0 Å². The molecule has 1 aliphatic heterocycles. The van der Waals surface area contributed by atoms with Gasteiger partial charge in [0.2, 0.25) is 0 Å². The van der Waals surface area contributed by atoms with E-state index in [9.17, 15) is 0 Å². The molecule has 0 spiro atoms. The van der Waals surface area contributed by atoms with E-state index in [1.165, 1.54) is 11.3 Å². The van der Waals surface area contributed by atoms with Crippen LogP contribution in [0.1, 0.15) is 30.5 Å². The fourth-order valence-electron chi connectivity index (χ4n) is 3.76. The van der Waals surface area contributed by atoms with Crippen LogP contribution in [0.15, 0.2) is 6.07 Å². The largest absolute Gasteiger partial charge is 0.491 e. The monoisotopic (exact) mass is 328 g/mol. The number of fused-ring (bicyclic) bond motifs is 2. The number of hydrogen-bond donors (Lipinski definition) is 2. The molecule has 1 fully saturated rings. The summed E-state index contributed by atoms with van der Waals surface area (Å²) in [6, 6.07) is 2.42. The Morgan fingerprint density at radius 2 is 1.96 bits per heavy atom. The lowest BCUT2D eigenvalue weighted by Gasteiger charge is -2.26. The fraction of sp³-hybridized carbons (Fsp3) is 0.556. The van der Waals surface area contributed by atoms with E-state index in [1.54, 1.807) is 14.2 Å². The zero-order chi connectivity index (χ0) is 16.5. The van der Waals surface area contributed by atoms with Crippen LogP contribution < -0.4 is 20.1 Å². The average molecular weight is 328 g/mol. The lowest BCUT2D eigenvalue weighted by Crippen LogP contribution is -2.35. The third kappa shape index (κ3) is 2.65. The molecular weight excluding hydrogens is 304 g/mol. The molecule has 2 aliphatic rings. The number of ether oxygens (including phenoxy) is 2. The standard InChI is InChI=1S/C18H24N4O2/c1-23-15-10-14-17(22-18(15)24-2)16(12-4-3-5-13(12)21-14)20-11-6-8-19-9-7-11/h10-11,19H,3-9H2,1-2H3,(H,20,21). The van der Waals surface area contributed by atoms with Gasteiger partial charge < -0.3 is 20.1 Å². The molecule has 128 valence electrons. The highest BCUT2D eigenvalue weighted by Gasteiger charge is 2.24. The molecule has 0 aromatic carbocycles. The Balaban J connectivity index is 1.85. The minimum Gasteiger partial charge on any atom is -0.491 e. The maximum absolute atomic E-state index is 5.41. The minimum atomic E-state index is 0.483. The number of pyridine rings is 2. The van der Waals surface area contributed by atoms with Gasteiger partial charge >= 0.3 is 0 Å². The van der Waals surface area contributed by atoms with Crippen LogP contribution in [-0.4, -0.2) is 43.3 Å². The first-order chi connectivity index (χ1) is 11.8. The van der Waals surface area contributed by atoms with Gasteiger partial charge in [-0.05, 0) is 50.8 Å². The van der Waals surface area contributed by atoms with Crippen molar-refractivity contribution in [1.82, 2.24) is 15.3 Å². The van der Waals surface area contributed by atoms with Crippen LogP contribution in [0, 0.1) is 0 Å². The number of rotatable bonds is 4. The van der Waals surface area contributed by atoms with Crippen LogP contribution in [0.25, 0.3) is 11.0 Å². The Bertz CT molecular complexity index is 757. The second kappa shape index (κ2) is 6.43. The number of aryl methyl sites for hydroxylation is 1. The van der Waals surface area contributed by atoms with Gasteiger partial charge in [0.25, 0.3) is 5.88 Å². The van der Waals surface area contributed by atoms with Crippen LogP contribution in [0.5, 0.6) is 11.6 Å². The Morgan fingerprint density at radius 3 is 2.71 bits per heavy atom. The van der Waals surface area contributed by atoms with Gasteiger partial charge in [0.1, 0.15) is 5.52 Å². The van der Waals surface area contributed by atoms with Gasteiger partial charge in [-0.1, -0.05) is 0 Å². The molecule has 6 heteroatoms. The Labute approximate surface area is 142 Å². The van der Waals surface area contributed by atoms with Crippen molar-refractivity contribution in [2.24, 2.45) is 0 Å². The third-order valence-electron chi connectivity index (χ3n) is 5.02. The molecular formula is C18H24N4O2. The smallest absolute Gasteiger partial charge is 0.257 e. The Kier molecular flexibility index (Phi) is 4.14. The van der Waals surface area contributed by atoms with Gasteiger partial charge in [-0.25, -0.2) is 4.98 Å². The van der Waals surface area contributed by atoms with E-state index in [1.807, 2.05) is 6.07 Å². The molecule has 0 amide bonds. The van der Waals surface area contributed by atoms with Crippen molar-refractivity contribution in [3.05, 3.63) is 17.3 Å². The summed E-state index contributed by atoms with van der Waals surface area (Å²) < 4.78 is 10.8. The predicted molar refractivity (Wildman–Crippen MR) is 94.2 cm³/mol. The zero-order valence-electron chi connectivity index (χ0n) is 14.3. The summed E-state index contributed by atoms with van der Waals surface area (Å²) in [6.07, 6.45) is 5.54. The van der Waals surface area contributed by atoms with Gasteiger partial charge in [0.15, 0.2) is 5.75 Å². The number of nitrogens with zero attached hydrogens (tertiary/aromatic N) is 2. The Hall–Kier alpha value is -2.08. The van der Waals surface area contributed by atoms with Crippen molar-refractivity contribution in [1.29, 1.82) is 0 Å². The molecule has 1 saturated heterocycles. The van der Waals surface area contributed by atoms with Crippen molar-refractivity contribution in [3.63, 3.8) is 0 Å². The predicted octanol–water partition coefficient (Wildman–Crippen LogP) is 2.30. The van der Waals surface area contributed by atoms with E-state index in [4.69, 9.17) is 19.4 Å². The number of methoxy groups -OCH3 is 2. The van der Waals surface area contributed by atoms with E-state index in [2.05, 4.69) is 10.6 Å². The van der Waals surface area contributed by atoms with E-state index >= 15 is 0 Å². The number of anilines is 1. The number of piperidine rings is 1. The molecule has 3 heterocycles. The van der Waals surface area contributed by atoms with Gasteiger partial charge in [0, 0.05) is 17.8 Å². The van der Waals surface area contributed by atoms with Gasteiger partial charge in [-0.2, -0.15) is 0 Å². The maximum atomic E-state index is 5.41. The summed E-state index contributed by atoms with van der Waals surface area (Å²) >= 11 is 0. The van der Waals surface area contributed by atoms with Crippen LogP contribution in [0.4, 0.5) is 5.69 Å². The van der Waals surface area contributed by atoms with Gasteiger partial charge in [-0.3, -0.25) is 4.98 Å². The molecule has 6 nitrogen and oxygen atoms in total. The molecule has 4 rings (SSSR count). The number of nitrogens with one attached hydrogen (secondary N) is 2. The summed E-state index contributed by atoms with van der Waals surface area (Å²) in [5.74, 6) is 1.14. The normalized spacial score (nSPS) is 17.8. The molecule has 0 unspecified atom stereocenters. The quantitative estimate of drug-likeness (QED) is 0.898. The molecule has 2 aromatic rings. The molecule has 0 saturated carbocycles. The molecule has 0 bridgehead atoms. The minimum absolute atomic E-state index is 0.483. The molecule has 0 atom stereocenters. The molecule has 0 radical (unpaired) electrons. The summed E-state index contributed by atoms with van der Waals surface area (Å²) in [4.78, 5) is 9.56. The van der Waals surface area contributed by atoms with Crippen molar-refractivity contribution in [2.45, 2.75) is 38.1 Å². The number of hydrogen-bond acceptors (Lipinski definition) is 6. The first kappa shape index (κ1) is 15.4. The maximum Gasteiger partial charge on any atom is 0.257 e. The Morgan fingerprint density at radius 1 is 1.12 bits per heavy atom. The van der Waals surface area contributed by atoms with Crippen LogP contribution in [0.3, 0.4) is 0 Å². The fourth-order valence-corrected chi connectivity index (χ4v) is 3.76. The SMILES string of the molecule is COc1cc2nc3c(c(NC4CCNCC4)c2nc1OC)CCC3. The van der Waals surface area contributed by atoms with E-state index in [0.717, 1.165) is 61.9 Å². The van der Waals surface area contributed by atoms with Crippen molar-refractivity contribution < 1.29 is 9.47 Å². The third-order valence-corrected chi connectivity index (χ3v) is 5.02. The summed E-state index contributed by atoms with van der Waals surface area (Å²) in [5, 5.41) is 7.19. The second-order valence-electron chi connectivity index (χ2n) is 6.50. The highest BCUT2D eigenvalue weighted by atomic mass is 16.5. The summed E-state index contributed by atoms with van der Waals surface area (Å²) in [7, 11) is 3.25. The van der Waals surface area contributed by atoms with Crippen molar-refractivity contribution in [3.8, 4) is 11.6 Å². The van der Waals surface area contributed by atoms with Crippen molar-refractivity contribution in [2.75, 3.05) is 32.6 Å². The average Bonchev–Trinajstić information content (AvgIpc) is 3.09. The lowest BCUT2D eigenvalue weighted by atomic mass is 10.0. The van der Waals surface area contributed by atoms with E-state index < -0.39 is 0 Å². The topological polar surface area (TPSA) is 68.3 Å².